The summed E-state index contributed by atoms with van der Waals surface area (Å²) in [6, 6.07) is 7.15. The smallest absolute Gasteiger partial charge is 0.235 e. The Bertz CT molecular complexity index is 841. The van der Waals surface area contributed by atoms with Crippen molar-refractivity contribution < 1.29 is 19.1 Å². The minimum Gasteiger partial charge on any atom is -0.494 e. The van der Waals surface area contributed by atoms with Gasteiger partial charge >= 0.3 is 0 Å². The first-order chi connectivity index (χ1) is 13.5. The highest BCUT2D eigenvalue weighted by Gasteiger charge is 2.67. The number of imide groups is 1. The zero-order chi connectivity index (χ0) is 19.6. The third kappa shape index (κ3) is 2.43. The van der Waals surface area contributed by atoms with Crippen LogP contribution in [0.1, 0.15) is 20.3 Å². The normalized spacial score (nSPS) is 34.3. The Morgan fingerprint density at radius 1 is 1.07 bits per heavy atom. The van der Waals surface area contributed by atoms with E-state index in [0.717, 1.165) is 12.2 Å². The first kappa shape index (κ1) is 17.5. The van der Waals surface area contributed by atoms with Crippen molar-refractivity contribution in [2.24, 2.45) is 35.5 Å². The van der Waals surface area contributed by atoms with Crippen LogP contribution in [0.5, 0.6) is 5.75 Å². The number of anilines is 1. The van der Waals surface area contributed by atoms with E-state index in [1.807, 2.05) is 6.92 Å². The zero-order valence-electron chi connectivity index (χ0n) is 16.1. The van der Waals surface area contributed by atoms with E-state index in [1.54, 1.807) is 24.3 Å². The second-order valence-electron chi connectivity index (χ2n) is 8.27. The Balaban J connectivity index is 1.39. The van der Waals surface area contributed by atoms with Gasteiger partial charge in [-0.2, -0.15) is 0 Å². The van der Waals surface area contributed by atoms with Crippen LogP contribution in [-0.4, -0.2) is 35.9 Å². The number of amides is 3. The summed E-state index contributed by atoms with van der Waals surface area (Å²) in [4.78, 5) is 41.4. The largest absolute Gasteiger partial charge is 0.494 e. The summed E-state index contributed by atoms with van der Waals surface area (Å²) in [5, 5.41) is 0. The van der Waals surface area contributed by atoms with Gasteiger partial charge in [0.05, 0.1) is 18.4 Å². The van der Waals surface area contributed by atoms with Crippen LogP contribution in [0, 0.1) is 35.5 Å². The lowest BCUT2D eigenvalue weighted by Crippen LogP contribution is -2.44. The highest BCUT2D eigenvalue weighted by Crippen LogP contribution is 2.65. The summed E-state index contributed by atoms with van der Waals surface area (Å²) in [7, 11) is 0. The maximum absolute atomic E-state index is 13.1. The van der Waals surface area contributed by atoms with E-state index in [2.05, 4.69) is 12.2 Å². The standard InChI is InChI=1S/C22H24N2O4/c1-3-28-14-6-4-13(5-7-14)23(12(2)25)11-24-21(26)19-15-8-9-16(18-10-17(15)18)20(19)22(24)27/h4-9,15-20H,3,10-11H2,1-2H3/t15-,16+,17-,18-,19+,20+/m1/s1. The molecule has 0 spiro atoms. The van der Waals surface area contributed by atoms with Crippen molar-refractivity contribution >= 4 is 23.4 Å². The SMILES string of the molecule is CCOc1ccc(N(CN2C(=O)[C@H]3[C@@H]4C=C[C@@H]([C@H]5C[C@H]45)[C@@H]3C2=O)C(C)=O)cc1. The summed E-state index contributed by atoms with van der Waals surface area (Å²) in [6.45, 7) is 3.90. The second kappa shape index (κ2) is 6.19. The van der Waals surface area contributed by atoms with Gasteiger partial charge < -0.3 is 4.74 Å². The maximum Gasteiger partial charge on any atom is 0.235 e. The van der Waals surface area contributed by atoms with E-state index in [9.17, 15) is 14.4 Å². The summed E-state index contributed by atoms with van der Waals surface area (Å²) in [5.41, 5.74) is 0.648. The van der Waals surface area contributed by atoms with E-state index in [1.165, 1.54) is 16.7 Å². The third-order valence-corrected chi connectivity index (χ3v) is 6.88. The molecule has 2 saturated carbocycles. The minimum absolute atomic E-state index is 0.0250. The van der Waals surface area contributed by atoms with Crippen LogP contribution in [0.15, 0.2) is 36.4 Å². The fourth-order valence-electron chi connectivity index (χ4n) is 5.55. The number of benzene rings is 1. The van der Waals surface area contributed by atoms with Crippen molar-refractivity contribution in [3.05, 3.63) is 36.4 Å². The Kier molecular flexibility index (Phi) is 3.86. The van der Waals surface area contributed by atoms with Crippen LogP contribution < -0.4 is 9.64 Å². The van der Waals surface area contributed by atoms with Gasteiger partial charge in [-0.1, -0.05) is 12.2 Å². The van der Waals surface area contributed by atoms with Crippen LogP contribution in [0.3, 0.4) is 0 Å². The fourth-order valence-corrected chi connectivity index (χ4v) is 5.55. The zero-order valence-corrected chi connectivity index (χ0v) is 16.1. The van der Waals surface area contributed by atoms with Gasteiger partial charge in [0.25, 0.3) is 0 Å². The molecule has 5 aliphatic rings. The summed E-state index contributed by atoms with van der Waals surface area (Å²) in [5.74, 6) is 1.34. The van der Waals surface area contributed by atoms with Crippen molar-refractivity contribution in [3.8, 4) is 5.75 Å². The second-order valence-corrected chi connectivity index (χ2v) is 8.27. The molecule has 1 aliphatic heterocycles. The third-order valence-electron chi connectivity index (χ3n) is 6.88. The molecule has 6 heteroatoms. The number of ether oxygens (including phenoxy) is 1. The number of likely N-dealkylation sites (tertiary alicyclic amines) is 1. The molecule has 1 saturated heterocycles. The van der Waals surface area contributed by atoms with Gasteiger partial charge in [0.2, 0.25) is 17.7 Å². The highest BCUT2D eigenvalue weighted by atomic mass is 16.5. The molecule has 2 bridgehead atoms. The average molecular weight is 380 g/mol. The molecular formula is C22H24N2O4. The van der Waals surface area contributed by atoms with Crippen molar-refractivity contribution in [3.63, 3.8) is 0 Å². The number of rotatable bonds is 5. The molecule has 6 nitrogen and oxygen atoms in total. The lowest BCUT2D eigenvalue weighted by atomic mass is 9.63. The predicted octanol–water partition coefficient (Wildman–Crippen LogP) is 2.45. The lowest BCUT2D eigenvalue weighted by molar-refractivity contribution is -0.140. The van der Waals surface area contributed by atoms with E-state index in [0.29, 0.717) is 24.1 Å². The summed E-state index contributed by atoms with van der Waals surface area (Å²) in [6.07, 6.45) is 5.45. The van der Waals surface area contributed by atoms with Gasteiger partial charge in [0.15, 0.2) is 0 Å². The molecule has 1 heterocycles. The molecule has 4 aliphatic carbocycles. The molecule has 28 heavy (non-hydrogen) atoms. The van der Waals surface area contributed by atoms with Gasteiger partial charge in [-0.3, -0.25) is 24.2 Å². The van der Waals surface area contributed by atoms with Crippen LogP contribution >= 0.6 is 0 Å². The quantitative estimate of drug-likeness (QED) is 0.581. The molecule has 6 atom stereocenters. The molecule has 3 fully saturated rings. The van der Waals surface area contributed by atoms with Gasteiger partial charge in [-0.15, -0.1) is 0 Å². The van der Waals surface area contributed by atoms with E-state index >= 15 is 0 Å². The van der Waals surface area contributed by atoms with Crippen LogP contribution in [0.2, 0.25) is 0 Å². The maximum atomic E-state index is 13.1. The average Bonchev–Trinajstić information content (AvgIpc) is 3.47. The first-order valence-corrected chi connectivity index (χ1v) is 10.1. The number of carbonyl (C=O) groups excluding carboxylic acids is 3. The van der Waals surface area contributed by atoms with E-state index < -0.39 is 0 Å². The Hall–Kier alpha value is -2.63. The van der Waals surface area contributed by atoms with Crippen molar-refractivity contribution in [1.29, 1.82) is 0 Å². The molecule has 0 N–H and O–H groups in total. The van der Waals surface area contributed by atoms with Crippen molar-refractivity contribution in [2.75, 3.05) is 18.2 Å². The Labute approximate surface area is 164 Å². The molecular weight excluding hydrogens is 356 g/mol. The predicted molar refractivity (Wildman–Crippen MR) is 102 cm³/mol. The molecule has 1 aromatic carbocycles. The molecule has 0 aromatic heterocycles. The van der Waals surface area contributed by atoms with Crippen molar-refractivity contribution in [2.45, 2.75) is 20.3 Å². The molecule has 0 radical (unpaired) electrons. The molecule has 3 amide bonds. The highest BCUT2D eigenvalue weighted by molar-refractivity contribution is 6.07. The monoisotopic (exact) mass is 380 g/mol. The molecule has 0 unspecified atom stereocenters. The van der Waals surface area contributed by atoms with E-state index in [4.69, 9.17) is 4.74 Å². The number of carbonyl (C=O) groups is 3. The molecule has 1 aromatic rings. The Morgan fingerprint density at radius 2 is 1.64 bits per heavy atom. The number of allylic oxidation sites excluding steroid dienone is 2. The lowest BCUT2D eigenvalue weighted by Gasteiger charge is -2.37. The van der Waals surface area contributed by atoms with Crippen molar-refractivity contribution in [1.82, 2.24) is 4.90 Å². The van der Waals surface area contributed by atoms with Crippen LogP contribution in [-0.2, 0) is 14.4 Å². The topological polar surface area (TPSA) is 66.9 Å². The van der Waals surface area contributed by atoms with Crippen LogP contribution in [0.25, 0.3) is 0 Å². The molecule has 6 rings (SSSR count). The first-order valence-electron chi connectivity index (χ1n) is 10.1. The summed E-state index contributed by atoms with van der Waals surface area (Å²) < 4.78 is 5.45. The minimum atomic E-state index is -0.236. The van der Waals surface area contributed by atoms with Gasteiger partial charge in [-0.05, 0) is 61.3 Å². The van der Waals surface area contributed by atoms with Gasteiger partial charge in [0, 0.05) is 12.6 Å². The fraction of sp³-hybridized carbons (Fsp3) is 0.500. The number of hydrogen-bond acceptors (Lipinski definition) is 4. The Morgan fingerprint density at radius 3 is 2.14 bits per heavy atom. The number of nitrogens with zero attached hydrogens (tertiary/aromatic N) is 2. The van der Waals surface area contributed by atoms with E-state index in [-0.39, 0.29) is 48.1 Å². The van der Waals surface area contributed by atoms with Crippen LogP contribution in [0.4, 0.5) is 5.69 Å². The molecule has 146 valence electrons. The number of hydrogen-bond donors (Lipinski definition) is 0. The summed E-state index contributed by atoms with van der Waals surface area (Å²) >= 11 is 0. The van der Waals surface area contributed by atoms with Gasteiger partial charge in [0.1, 0.15) is 12.4 Å². The van der Waals surface area contributed by atoms with Gasteiger partial charge in [-0.25, -0.2) is 0 Å².